The first-order valence-corrected chi connectivity index (χ1v) is 9.66. The average Bonchev–Trinajstić information content (AvgIpc) is 2.99. The third-order valence-electron chi connectivity index (χ3n) is 4.37. The number of rotatable bonds is 6. The van der Waals surface area contributed by atoms with Crippen LogP contribution in [0.2, 0.25) is 0 Å². The SMILES string of the molecule is COCCNC(=NCC(=O)N(C)C)NC1CCOC2(CCSC2)C1.I. The van der Waals surface area contributed by atoms with Gasteiger partial charge in [0, 0.05) is 46.2 Å². The first kappa shape index (κ1) is 22.8. The van der Waals surface area contributed by atoms with Crippen LogP contribution in [0.3, 0.4) is 0 Å². The molecule has 146 valence electrons. The molecule has 2 fully saturated rings. The average molecular weight is 486 g/mol. The second kappa shape index (κ2) is 11.5. The van der Waals surface area contributed by atoms with Crippen LogP contribution in [-0.2, 0) is 14.3 Å². The molecule has 2 heterocycles. The van der Waals surface area contributed by atoms with Crippen molar-refractivity contribution in [1.29, 1.82) is 0 Å². The summed E-state index contributed by atoms with van der Waals surface area (Å²) in [6, 6.07) is 0.320. The van der Waals surface area contributed by atoms with Gasteiger partial charge in [0.1, 0.15) is 6.54 Å². The summed E-state index contributed by atoms with van der Waals surface area (Å²) in [6.45, 7) is 2.17. The van der Waals surface area contributed by atoms with Gasteiger partial charge in [-0.05, 0) is 25.0 Å². The maximum absolute atomic E-state index is 11.8. The molecule has 0 aromatic heterocycles. The Morgan fingerprint density at radius 2 is 2.28 bits per heavy atom. The van der Waals surface area contributed by atoms with E-state index in [0.29, 0.717) is 25.2 Å². The zero-order valence-corrected chi connectivity index (χ0v) is 18.5. The van der Waals surface area contributed by atoms with Crippen molar-refractivity contribution in [1.82, 2.24) is 15.5 Å². The molecule has 0 radical (unpaired) electrons. The molecule has 1 amide bonds. The Kier molecular flexibility index (Phi) is 10.4. The van der Waals surface area contributed by atoms with Crippen molar-refractivity contribution < 1.29 is 14.3 Å². The molecule has 2 rings (SSSR count). The predicted octanol–water partition coefficient (Wildman–Crippen LogP) is 0.929. The van der Waals surface area contributed by atoms with Crippen molar-refractivity contribution in [2.45, 2.75) is 30.9 Å². The number of carbonyl (C=O) groups excluding carboxylic acids is 1. The highest BCUT2D eigenvalue weighted by molar-refractivity contribution is 14.0. The highest BCUT2D eigenvalue weighted by Crippen LogP contribution is 2.38. The molecule has 25 heavy (non-hydrogen) atoms. The zero-order valence-electron chi connectivity index (χ0n) is 15.4. The van der Waals surface area contributed by atoms with Gasteiger partial charge in [-0.15, -0.1) is 24.0 Å². The number of carbonyl (C=O) groups is 1. The summed E-state index contributed by atoms with van der Waals surface area (Å²) in [5.41, 5.74) is 0.0255. The van der Waals surface area contributed by atoms with E-state index in [0.717, 1.165) is 31.6 Å². The molecule has 2 atom stereocenters. The van der Waals surface area contributed by atoms with Crippen LogP contribution in [0.25, 0.3) is 0 Å². The van der Waals surface area contributed by atoms with Gasteiger partial charge in [0.25, 0.3) is 0 Å². The number of nitrogens with one attached hydrogen (secondary N) is 2. The molecule has 0 aromatic rings. The number of ether oxygens (including phenoxy) is 2. The fraction of sp³-hybridized carbons (Fsp3) is 0.875. The number of likely N-dealkylation sites (N-methyl/N-ethyl adjacent to an activating group) is 1. The Bertz CT molecular complexity index is 445. The first-order valence-electron chi connectivity index (χ1n) is 8.50. The minimum atomic E-state index is -0.0153. The standard InChI is InChI=1S/C16H30N4O3S.HI/c1-20(2)14(21)11-18-15(17-6-8-22-3)19-13-4-7-23-16(10-13)5-9-24-12-16;/h13H,4-12H2,1-3H3,(H2,17,18,19);1H. The minimum absolute atomic E-state index is 0. The van der Waals surface area contributed by atoms with Crippen molar-refractivity contribution in [3.8, 4) is 0 Å². The highest BCUT2D eigenvalue weighted by Gasteiger charge is 2.40. The van der Waals surface area contributed by atoms with Crippen LogP contribution in [0.4, 0.5) is 0 Å². The summed E-state index contributed by atoms with van der Waals surface area (Å²) in [4.78, 5) is 17.8. The molecule has 0 bridgehead atoms. The topological polar surface area (TPSA) is 75.2 Å². The minimum Gasteiger partial charge on any atom is -0.383 e. The Labute approximate surface area is 172 Å². The lowest BCUT2D eigenvalue weighted by Crippen LogP contribution is -2.52. The Morgan fingerprint density at radius 1 is 1.48 bits per heavy atom. The maximum Gasteiger partial charge on any atom is 0.243 e. The monoisotopic (exact) mass is 486 g/mol. The summed E-state index contributed by atoms with van der Waals surface area (Å²) in [5, 5.41) is 6.72. The number of methoxy groups -OCH3 is 1. The van der Waals surface area contributed by atoms with Crippen LogP contribution >= 0.6 is 35.7 Å². The second-order valence-corrected chi connectivity index (χ2v) is 7.65. The lowest BCUT2D eigenvalue weighted by atomic mass is 9.90. The molecule has 2 N–H and O–H groups in total. The number of hydrogen-bond donors (Lipinski definition) is 2. The lowest BCUT2D eigenvalue weighted by Gasteiger charge is -2.38. The fourth-order valence-electron chi connectivity index (χ4n) is 2.92. The predicted molar refractivity (Wildman–Crippen MR) is 113 cm³/mol. The smallest absolute Gasteiger partial charge is 0.243 e. The first-order chi connectivity index (χ1) is 11.5. The number of amides is 1. The van der Waals surface area contributed by atoms with E-state index in [4.69, 9.17) is 9.47 Å². The van der Waals surface area contributed by atoms with Gasteiger partial charge in [-0.25, -0.2) is 4.99 Å². The van der Waals surface area contributed by atoms with Gasteiger partial charge in [-0.3, -0.25) is 4.79 Å². The van der Waals surface area contributed by atoms with E-state index in [1.54, 1.807) is 26.1 Å². The Hall–Kier alpha value is -0.260. The number of guanidine groups is 1. The van der Waals surface area contributed by atoms with Crippen LogP contribution in [-0.4, -0.2) is 87.4 Å². The molecule has 2 saturated heterocycles. The van der Waals surface area contributed by atoms with Crippen molar-refractivity contribution in [3.05, 3.63) is 0 Å². The quantitative estimate of drug-likeness (QED) is 0.252. The van der Waals surface area contributed by atoms with Gasteiger partial charge in [-0.1, -0.05) is 0 Å². The summed E-state index contributed by atoms with van der Waals surface area (Å²) < 4.78 is 11.1. The van der Waals surface area contributed by atoms with Crippen LogP contribution in [0.5, 0.6) is 0 Å². The van der Waals surface area contributed by atoms with Crippen LogP contribution in [0.1, 0.15) is 19.3 Å². The van der Waals surface area contributed by atoms with Gasteiger partial charge in [0.15, 0.2) is 5.96 Å². The van der Waals surface area contributed by atoms with Crippen molar-refractivity contribution in [2.24, 2.45) is 4.99 Å². The maximum atomic E-state index is 11.8. The summed E-state index contributed by atoms with van der Waals surface area (Å²) >= 11 is 1.97. The Balaban J connectivity index is 0.00000312. The van der Waals surface area contributed by atoms with E-state index in [-0.39, 0.29) is 42.0 Å². The van der Waals surface area contributed by atoms with Gasteiger partial charge in [0.2, 0.25) is 5.91 Å². The summed E-state index contributed by atoms with van der Waals surface area (Å²) in [6.07, 6.45) is 3.07. The van der Waals surface area contributed by atoms with Crippen LogP contribution < -0.4 is 10.6 Å². The molecule has 2 unspecified atom stereocenters. The molecule has 0 aromatic carbocycles. The van der Waals surface area contributed by atoms with E-state index >= 15 is 0 Å². The largest absolute Gasteiger partial charge is 0.383 e. The molecule has 1 spiro atoms. The van der Waals surface area contributed by atoms with E-state index in [1.807, 2.05) is 11.8 Å². The molecule has 0 aliphatic carbocycles. The van der Waals surface area contributed by atoms with Crippen LogP contribution in [0, 0.1) is 0 Å². The van der Waals surface area contributed by atoms with Gasteiger partial charge in [-0.2, -0.15) is 11.8 Å². The highest BCUT2D eigenvalue weighted by atomic mass is 127. The number of halogens is 1. The number of nitrogens with zero attached hydrogens (tertiary/aromatic N) is 2. The third-order valence-corrected chi connectivity index (χ3v) is 5.59. The van der Waals surface area contributed by atoms with Crippen molar-refractivity contribution >= 4 is 47.6 Å². The molecule has 2 aliphatic heterocycles. The molecule has 2 aliphatic rings. The van der Waals surface area contributed by atoms with E-state index in [1.165, 1.54) is 5.75 Å². The van der Waals surface area contributed by atoms with Gasteiger partial charge < -0.3 is 25.0 Å². The third kappa shape index (κ3) is 7.48. The summed E-state index contributed by atoms with van der Waals surface area (Å²) in [7, 11) is 5.15. The fourth-order valence-corrected chi connectivity index (χ4v) is 4.30. The molecular formula is C16H31IN4O3S. The lowest BCUT2D eigenvalue weighted by molar-refractivity contribution is -0.127. The molecule has 7 nitrogen and oxygen atoms in total. The zero-order chi connectivity index (χ0) is 17.4. The molecule has 0 saturated carbocycles. The number of hydrogen-bond acceptors (Lipinski definition) is 5. The van der Waals surface area contributed by atoms with Gasteiger partial charge in [0.05, 0.1) is 12.2 Å². The van der Waals surface area contributed by atoms with Crippen molar-refractivity contribution in [2.75, 3.05) is 59.0 Å². The molecule has 9 heteroatoms. The van der Waals surface area contributed by atoms with Gasteiger partial charge >= 0.3 is 0 Å². The number of aliphatic imine (C=N–C) groups is 1. The normalized spacial score (nSPS) is 26.2. The number of thioether (sulfide) groups is 1. The van der Waals surface area contributed by atoms with Crippen molar-refractivity contribution in [3.63, 3.8) is 0 Å². The molecular weight excluding hydrogens is 455 g/mol. The van der Waals surface area contributed by atoms with E-state index in [9.17, 15) is 4.79 Å². The second-order valence-electron chi connectivity index (χ2n) is 6.54. The summed E-state index contributed by atoms with van der Waals surface area (Å²) in [5.74, 6) is 2.92. The van der Waals surface area contributed by atoms with E-state index in [2.05, 4.69) is 15.6 Å². The van der Waals surface area contributed by atoms with Crippen LogP contribution in [0.15, 0.2) is 4.99 Å². The Morgan fingerprint density at radius 3 is 2.92 bits per heavy atom. The van der Waals surface area contributed by atoms with E-state index < -0.39 is 0 Å².